The molecule has 0 saturated carbocycles. The highest BCUT2D eigenvalue weighted by molar-refractivity contribution is 5.66. The van der Waals surface area contributed by atoms with Gasteiger partial charge in [-0.25, -0.2) is 0 Å². The van der Waals surface area contributed by atoms with E-state index in [9.17, 15) is 4.79 Å². The molecule has 0 amide bonds. The monoisotopic (exact) mass is 150 g/mol. The van der Waals surface area contributed by atoms with Crippen LogP contribution in [0.25, 0.3) is 0 Å². The van der Waals surface area contributed by atoms with E-state index in [0.717, 1.165) is 0 Å². The van der Waals surface area contributed by atoms with Crippen molar-refractivity contribution >= 4 is 5.97 Å². The lowest BCUT2D eigenvalue weighted by molar-refractivity contribution is -0.137. The van der Waals surface area contributed by atoms with Gasteiger partial charge in [0, 0.05) is 21.3 Å². The third-order valence-corrected chi connectivity index (χ3v) is 0.520. The number of aliphatic carboxylic acids is 1. The minimum atomic E-state index is -0.818. The molecular formula is C6H14O4. The zero-order chi connectivity index (χ0) is 8.41. The van der Waals surface area contributed by atoms with Crippen molar-refractivity contribution in [2.45, 2.75) is 6.42 Å². The molecule has 0 bridgehead atoms. The Labute approximate surface area is 60.8 Å². The van der Waals surface area contributed by atoms with Crippen LogP contribution < -0.4 is 0 Å². The van der Waals surface area contributed by atoms with Crippen molar-refractivity contribution in [3.05, 3.63) is 0 Å². The Kier molecular flexibility index (Phi) is 13.6. The Bertz CT molecular complexity index is 72.1. The average molecular weight is 150 g/mol. The number of hydrogen-bond donors (Lipinski definition) is 1. The highest BCUT2D eigenvalue weighted by atomic mass is 16.5. The number of methoxy groups -OCH3 is 2. The third kappa shape index (κ3) is 26.3. The van der Waals surface area contributed by atoms with Crippen LogP contribution in [0.1, 0.15) is 6.42 Å². The summed E-state index contributed by atoms with van der Waals surface area (Å²) in [5, 5.41) is 7.96. The Hall–Kier alpha value is -0.610. The van der Waals surface area contributed by atoms with Crippen LogP contribution in [0.2, 0.25) is 0 Å². The maximum absolute atomic E-state index is 9.68. The molecule has 0 aliphatic rings. The second-order valence-corrected chi connectivity index (χ2v) is 1.54. The van der Waals surface area contributed by atoms with Gasteiger partial charge in [-0.05, 0) is 0 Å². The summed E-state index contributed by atoms with van der Waals surface area (Å²) >= 11 is 0. The van der Waals surface area contributed by atoms with Gasteiger partial charge in [0.05, 0.1) is 13.0 Å². The fraction of sp³-hybridized carbons (Fsp3) is 0.833. The quantitative estimate of drug-likeness (QED) is 0.631. The molecule has 0 aliphatic heterocycles. The Morgan fingerprint density at radius 1 is 1.40 bits per heavy atom. The molecule has 4 heteroatoms. The first-order chi connectivity index (χ1) is 4.68. The highest BCUT2D eigenvalue weighted by Gasteiger charge is 1.91. The predicted octanol–water partition coefficient (Wildman–Crippen LogP) is 0.370. The first-order valence-corrected chi connectivity index (χ1v) is 2.79. The molecule has 0 saturated heterocycles. The Balaban J connectivity index is 0. The summed E-state index contributed by atoms with van der Waals surface area (Å²) in [4.78, 5) is 9.68. The number of carboxylic acids is 1. The molecule has 0 rings (SSSR count). The highest BCUT2D eigenvalue weighted by Crippen LogP contribution is 1.76. The van der Waals surface area contributed by atoms with E-state index in [0.29, 0.717) is 6.61 Å². The number of rotatable bonds is 3. The van der Waals surface area contributed by atoms with E-state index in [1.165, 1.54) is 7.11 Å². The van der Waals surface area contributed by atoms with E-state index in [4.69, 9.17) is 5.11 Å². The fourth-order valence-corrected chi connectivity index (χ4v) is 0.189. The van der Waals surface area contributed by atoms with Crippen molar-refractivity contribution in [1.29, 1.82) is 0 Å². The largest absolute Gasteiger partial charge is 0.481 e. The Morgan fingerprint density at radius 3 is 1.90 bits per heavy atom. The van der Waals surface area contributed by atoms with Gasteiger partial charge in [-0.15, -0.1) is 0 Å². The molecule has 0 atom stereocenters. The van der Waals surface area contributed by atoms with Crippen LogP contribution in [0.15, 0.2) is 0 Å². The van der Waals surface area contributed by atoms with Crippen LogP contribution in [0, 0.1) is 0 Å². The molecule has 4 nitrogen and oxygen atoms in total. The number of ether oxygens (including phenoxy) is 2. The SMILES string of the molecule is COC.COCCC(=O)O. The molecule has 0 spiro atoms. The molecule has 0 aromatic rings. The molecule has 0 aromatic heterocycles. The van der Waals surface area contributed by atoms with Gasteiger partial charge in [-0.2, -0.15) is 0 Å². The minimum Gasteiger partial charge on any atom is -0.481 e. The zero-order valence-corrected chi connectivity index (χ0v) is 6.59. The molecule has 10 heavy (non-hydrogen) atoms. The predicted molar refractivity (Wildman–Crippen MR) is 37.1 cm³/mol. The van der Waals surface area contributed by atoms with Crippen LogP contribution in [-0.2, 0) is 14.3 Å². The van der Waals surface area contributed by atoms with E-state index in [1.54, 1.807) is 14.2 Å². The molecule has 0 fully saturated rings. The van der Waals surface area contributed by atoms with Crippen LogP contribution in [0.3, 0.4) is 0 Å². The first-order valence-electron chi connectivity index (χ1n) is 2.79. The lowest BCUT2D eigenvalue weighted by Crippen LogP contribution is -1.99. The number of carbonyl (C=O) groups is 1. The molecular weight excluding hydrogens is 136 g/mol. The average Bonchev–Trinajstić information content (AvgIpc) is 1.85. The van der Waals surface area contributed by atoms with Crippen molar-refractivity contribution in [2.24, 2.45) is 0 Å². The molecule has 0 radical (unpaired) electrons. The third-order valence-electron chi connectivity index (χ3n) is 0.520. The minimum absolute atomic E-state index is 0.0938. The molecule has 62 valence electrons. The summed E-state index contributed by atoms with van der Waals surface area (Å²) in [6, 6.07) is 0. The molecule has 0 heterocycles. The summed E-state index contributed by atoms with van der Waals surface area (Å²) in [6.45, 7) is 0.301. The topological polar surface area (TPSA) is 55.8 Å². The van der Waals surface area contributed by atoms with Gasteiger partial charge in [-0.1, -0.05) is 0 Å². The molecule has 0 aliphatic carbocycles. The van der Waals surface area contributed by atoms with Crippen LogP contribution >= 0.6 is 0 Å². The standard InChI is InChI=1S/C4H8O3.C2H6O/c1-7-3-2-4(5)6;1-3-2/h2-3H2,1H3,(H,5,6);1-2H3. The maximum atomic E-state index is 9.68. The number of hydrogen-bond acceptors (Lipinski definition) is 3. The van der Waals surface area contributed by atoms with Crippen LogP contribution in [0.4, 0.5) is 0 Å². The van der Waals surface area contributed by atoms with E-state index < -0.39 is 5.97 Å². The number of carboxylic acid groups (broad SMARTS) is 1. The van der Waals surface area contributed by atoms with E-state index in [2.05, 4.69) is 9.47 Å². The molecule has 1 N–H and O–H groups in total. The van der Waals surface area contributed by atoms with Gasteiger partial charge >= 0.3 is 5.97 Å². The Morgan fingerprint density at radius 2 is 1.80 bits per heavy atom. The summed E-state index contributed by atoms with van der Waals surface area (Å²) in [5.74, 6) is -0.818. The van der Waals surface area contributed by atoms with Crippen LogP contribution in [0.5, 0.6) is 0 Å². The van der Waals surface area contributed by atoms with Crippen molar-refractivity contribution < 1.29 is 19.4 Å². The second-order valence-electron chi connectivity index (χ2n) is 1.54. The van der Waals surface area contributed by atoms with Gasteiger partial charge < -0.3 is 14.6 Å². The summed E-state index contributed by atoms with van der Waals surface area (Å²) in [7, 11) is 4.73. The fourth-order valence-electron chi connectivity index (χ4n) is 0.189. The second kappa shape index (κ2) is 11.2. The maximum Gasteiger partial charge on any atom is 0.305 e. The van der Waals surface area contributed by atoms with Gasteiger partial charge in [0.25, 0.3) is 0 Å². The normalized spacial score (nSPS) is 7.90. The van der Waals surface area contributed by atoms with E-state index >= 15 is 0 Å². The van der Waals surface area contributed by atoms with Crippen molar-refractivity contribution in [1.82, 2.24) is 0 Å². The van der Waals surface area contributed by atoms with Crippen LogP contribution in [-0.4, -0.2) is 39.0 Å². The molecule has 0 unspecified atom stereocenters. The van der Waals surface area contributed by atoms with Crippen molar-refractivity contribution in [3.8, 4) is 0 Å². The van der Waals surface area contributed by atoms with Crippen molar-refractivity contribution in [2.75, 3.05) is 27.9 Å². The molecule has 0 aromatic carbocycles. The summed E-state index contributed by atoms with van der Waals surface area (Å²) in [6.07, 6.45) is 0.0938. The van der Waals surface area contributed by atoms with Crippen molar-refractivity contribution in [3.63, 3.8) is 0 Å². The van der Waals surface area contributed by atoms with E-state index in [-0.39, 0.29) is 6.42 Å². The lowest BCUT2D eigenvalue weighted by atomic mass is 10.5. The van der Waals surface area contributed by atoms with Gasteiger partial charge in [0.15, 0.2) is 0 Å². The summed E-state index contributed by atoms with van der Waals surface area (Å²) < 4.78 is 8.72. The smallest absolute Gasteiger partial charge is 0.305 e. The van der Waals surface area contributed by atoms with Gasteiger partial charge in [0.2, 0.25) is 0 Å². The first kappa shape index (κ1) is 12.1. The van der Waals surface area contributed by atoms with Gasteiger partial charge in [-0.3, -0.25) is 4.79 Å². The lowest BCUT2D eigenvalue weighted by Gasteiger charge is -1.88. The van der Waals surface area contributed by atoms with E-state index in [1.807, 2.05) is 0 Å². The van der Waals surface area contributed by atoms with Gasteiger partial charge in [0.1, 0.15) is 0 Å². The summed E-state index contributed by atoms with van der Waals surface area (Å²) in [5.41, 5.74) is 0. The zero-order valence-electron chi connectivity index (χ0n) is 6.59.